The van der Waals surface area contributed by atoms with Crippen LogP contribution in [-0.2, 0) is 4.79 Å². The second-order valence-electron chi connectivity index (χ2n) is 2.21. The fraction of sp³-hybridized carbons (Fsp3) is 0. The minimum Gasteiger partial charge on any atom is -0.245 e. The molecule has 0 saturated heterocycles. The number of nitrogens with zero attached hydrogens (tertiary/aromatic N) is 2. The third kappa shape index (κ3) is 1.13. The van der Waals surface area contributed by atoms with Crippen molar-refractivity contribution in [3.63, 3.8) is 0 Å². The zero-order valence-electron chi connectivity index (χ0n) is 6.02. The summed E-state index contributed by atoms with van der Waals surface area (Å²) in [5, 5.41) is 0. The van der Waals surface area contributed by atoms with E-state index in [9.17, 15) is 4.79 Å². The van der Waals surface area contributed by atoms with Gasteiger partial charge in [0.15, 0.2) is 0 Å². The van der Waals surface area contributed by atoms with Crippen LogP contribution in [0.2, 0.25) is 0 Å². The second-order valence-corrected chi connectivity index (χ2v) is 3.09. The molecular formula is C8H4N2OS. The first kappa shape index (κ1) is 7.16. The highest BCUT2D eigenvalue weighted by Gasteiger charge is 1.96. The molecule has 58 valence electrons. The molecule has 2 aromatic rings. The molecule has 0 unspecified atom stereocenters. The van der Waals surface area contributed by atoms with Gasteiger partial charge < -0.3 is 0 Å². The van der Waals surface area contributed by atoms with E-state index in [0.29, 0.717) is 5.69 Å². The number of hydrogen-bond donors (Lipinski definition) is 0. The standard InChI is InChI=1S/C8H4N2OS/c11-4-9-6-1-2-7-8(3-6)12-5-10-7/h1-3,5H. The van der Waals surface area contributed by atoms with E-state index in [2.05, 4.69) is 9.98 Å². The molecule has 2 rings (SSSR count). The van der Waals surface area contributed by atoms with Crippen LogP contribution in [0.3, 0.4) is 0 Å². The molecule has 4 heteroatoms. The van der Waals surface area contributed by atoms with Crippen molar-refractivity contribution in [2.75, 3.05) is 0 Å². The molecule has 0 atom stereocenters. The van der Waals surface area contributed by atoms with Gasteiger partial charge in [0.05, 0.1) is 21.4 Å². The molecule has 0 spiro atoms. The Morgan fingerprint density at radius 3 is 3.25 bits per heavy atom. The van der Waals surface area contributed by atoms with Gasteiger partial charge in [0.25, 0.3) is 0 Å². The van der Waals surface area contributed by atoms with Crippen LogP contribution in [0.25, 0.3) is 10.2 Å². The third-order valence-corrected chi connectivity index (χ3v) is 2.28. The summed E-state index contributed by atoms with van der Waals surface area (Å²) in [7, 11) is 0. The predicted octanol–water partition coefficient (Wildman–Crippen LogP) is 2.26. The van der Waals surface area contributed by atoms with Crippen LogP contribution in [0.1, 0.15) is 0 Å². The molecule has 12 heavy (non-hydrogen) atoms. The zero-order valence-corrected chi connectivity index (χ0v) is 6.84. The molecule has 1 aromatic carbocycles. The van der Waals surface area contributed by atoms with Gasteiger partial charge in [-0.05, 0) is 18.2 Å². The number of isocyanates is 1. The van der Waals surface area contributed by atoms with Crippen molar-refractivity contribution in [2.45, 2.75) is 0 Å². The maximum absolute atomic E-state index is 9.94. The molecule has 0 aliphatic carbocycles. The Hall–Kier alpha value is -1.51. The van der Waals surface area contributed by atoms with Gasteiger partial charge in [0, 0.05) is 0 Å². The van der Waals surface area contributed by atoms with Crippen molar-refractivity contribution >= 4 is 33.3 Å². The summed E-state index contributed by atoms with van der Waals surface area (Å²) in [5.74, 6) is 0. The quantitative estimate of drug-likeness (QED) is 0.494. The minimum atomic E-state index is 0.627. The van der Waals surface area contributed by atoms with Crippen molar-refractivity contribution in [3.05, 3.63) is 23.7 Å². The summed E-state index contributed by atoms with van der Waals surface area (Å²) in [6.07, 6.45) is 1.50. The highest BCUT2D eigenvalue weighted by atomic mass is 32.1. The molecular weight excluding hydrogens is 172 g/mol. The van der Waals surface area contributed by atoms with Crippen LogP contribution >= 0.6 is 11.3 Å². The molecule has 0 aliphatic heterocycles. The Balaban J connectivity index is 2.67. The second kappa shape index (κ2) is 2.85. The fourth-order valence-corrected chi connectivity index (χ4v) is 1.68. The van der Waals surface area contributed by atoms with Gasteiger partial charge in [-0.3, -0.25) is 0 Å². The lowest BCUT2D eigenvalue weighted by Crippen LogP contribution is -1.66. The SMILES string of the molecule is O=C=Nc1ccc2ncsc2c1. The van der Waals surface area contributed by atoms with Gasteiger partial charge in [-0.2, -0.15) is 4.99 Å². The molecule has 0 amide bonds. The van der Waals surface area contributed by atoms with Crippen molar-refractivity contribution in [1.29, 1.82) is 0 Å². The van der Waals surface area contributed by atoms with E-state index in [4.69, 9.17) is 0 Å². The van der Waals surface area contributed by atoms with Gasteiger partial charge in [0.1, 0.15) is 0 Å². The smallest absolute Gasteiger partial charge is 0.240 e. The number of benzene rings is 1. The average Bonchev–Trinajstić information content (AvgIpc) is 2.51. The van der Waals surface area contributed by atoms with Crippen molar-refractivity contribution in [1.82, 2.24) is 4.98 Å². The molecule has 1 heterocycles. The maximum atomic E-state index is 9.94. The molecule has 0 radical (unpaired) electrons. The van der Waals surface area contributed by atoms with Gasteiger partial charge >= 0.3 is 0 Å². The van der Waals surface area contributed by atoms with E-state index in [1.807, 2.05) is 12.1 Å². The number of fused-ring (bicyclic) bond motifs is 1. The van der Waals surface area contributed by atoms with Crippen LogP contribution in [0.5, 0.6) is 0 Å². The van der Waals surface area contributed by atoms with Crippen LogP contribution in [0.4, 0.5) is 5.69 Å². The van der Waals surface area contributed by atoms with Gasteiger partial charge in [-0.15, -0.1) is 11.3 Å². The Bertz CT molecular complexity index is 457. The molecule has 1 aromatic heterocycles. The van der Waals surface area contributed by atoms with Crippen LogP contribution < -0.4 is 0 Å². The molecule has 0 fully saturated rings. The Labute approximate surface area is 72.4 Å². The maximum Gasteiger partial charge on any atom is 0.240 e. The molecule has 0 aliphatic rings. The molecule has 0 bridgehead atoms. The average molecular weight is 176 g/mol. The number of aliphatic imine (C=N–C) groups is 1. The number of thiazole rings is 1. The molecule has 3 nitrogen and oxygen atoms in total. The molecule has 0 saturated carbocycles. The largest absolute Gasteiger partial charge is 0.245 e. The minimum absolute atomic E-state index is 0.627. The third-order valence-electron chi connectivity index (χ3n) is 1.49. The predicted molar refractivity (Wildman–Crippen MR) is 47.4 cm³/mol. The van der Waals surface area contributed by atoms with E-state index in [-0.39, 0.29) is 0 Å². The topological polar surface area (TPSA) is 42.3 Å². The van der Waals surface area contributed by atoms with Crippen LogP contribution in [0.15, 0.2) is 28.7 Å². The van der Waals surface area contributed by atoms with Crippen molar-refractivity contribution in [3.8, 4) is 0 Å². The number of hydrogen-bond acceptors (Lipinski definition) is 4. The fourth-order valence-electron chi connectivity index (χ4n) is 0.966. The first-order valence-electron chi connectivity index (χ1n) is 3.31. The number of carbonyl (C=O) groups excluding carboxylic acids is 1. The van der Waals surface area contributed by atoms with E-state index in [0.717, 1.165) is 10.2 Å². The Kier molecular flexibility index (Phi) is 1.70. The van der Waals surface area contributed by atoms with Crippen molar-refractivity contribution < 1.29 is 4.79 Å². The Morgan fingerprint density at radius 1 is 1.50 bits per heavy atom. The summed E-state index contributed by atoms with van der Waals surface area (Å²) in [6.45, 7) is 0. The first-order valence-corrected chi connectivity index (χ1v) is 4.19. The van der Waals surface area contributed by atoms with E-state index >= 15 is 0 Å². The normalized spacial score (nSPS) is 9.67. The summed E-state index contributed by atoms with van der Waals surface area (Å²) in [6, 6.07) is 5.40. The highest BCUT2D eigenvalue weighted by molar-refractivity contribution is 7.16. The van der Waals surface area contributed by atoms with Crippen LogP contribution in [-0.4, -0.2) is 11.1 Å². The summed E-state index contributed by atoms with van der Waals surface area (Å²) >= 11 is 1.53. The lowest BCUT2D eigenvalue weighted by atomic mass is 10.3. The van der Waals surface area contributed by atoms with Gasteiger partial charge in [-0.1, -0.05) is 0 Å². The zero-order chi connectivity index (χ0) is 8.39. The summed E-state index contributed by atoms with van der Waals surface area (Å²) < 4.78 is 1.03. The Morgan fingerprint density at radius 2 is 2.42 bits per heavy atom. The lowest BCUT2D eigenvalue weighted by molar-refractivity contribution is 0.565. The van der Waals surface area contributed by atoms with Crippen LogP contribution in [0, 0.1) is 0 Å². The molecule has 0 N–H and O–H groups in total. The van der Waals surface area contributed by atoms with E-state index in [1.54, 1.807) is 11.6 Å². The summed E-state index contributed by atoms with van der Waals surface area (Å²) in [5.41, 5.74) is 3.32. The summed E-state index contributed by atoms with van der Waals surface area (Å²) in [4.78, 5) is 17.6. The monoisotopic (exact) mass is 176 g/mol. The number of rotatable bonds is 1. The van der Waals surface area contributed by atoms with Crippen molar-refractivity contribution in [2.24, 2.45) is 4.99 Å². The first-order chi connectivity index (χ1) is 5.90. The van der Waals surface area contributed by atoms with Gasteiger partial charge in [0.2, 0.25) is 6.08 Å². The van der Waals surface area contributed by atoms with Gasteiger partial charge in [-0.25, -0.2) is 9.78 Å². The van der Waals surface area contributed by atoms with E-state index in [1.165, 1.54) is 17.4 Å². The highest BCUT2D eigenvalue weighted by Crippen LogP contribution is 2.22. The number of aromatic nitrogens is 1. The lowest BCUT2D eigenvalue weighted by Gasteiger charge is -1.88. The van der Waals surface area contributed by atoms with E-state index < -0.39 is 0 Å².